The molecule has 3 nitrogen and oxygen atoms in total. The molecule has 3 heteroatoms. The average Bonchev–Trinajstić information content (AvgIpc) is 2.40. The Morgan fingerprint density at radius 1 is 1.53 bits per heavy atom. The largest absolute Gasteiger partial charge is 0.378 e. The molecule has 0 spiro atoms. The van der Waals surface area contributed by atoms with E-state index in [-0.39, 0.29) is 0 Å². The number of nitrogens with one attached hydrogen (secondary N) is 1. The van der Waals surface area contributed by atoms with Gasteiger partial charge in [-0.15, -0.1) is 0 Å². The van der Waals surface area contributed by atoms with Gasteiger partial charge in [0.15, 0.2) is 0 Å². The molecule has 1 N–H and O–H groups in total. The van der Waals surface area contributed by atoms with Crippen molar-refractivity contribution >= 4 is 0 Å². The molecule has 2 rings (SSSR count). The van der Waals surface area contributed by atoms with Gasteiger partial charge in [-0.25, -0.2) is 0 Å². The molecule has 1 aromatic rings. The van der Waals surface area contributed by atoms with Crippen molar-refractivity contribution in [3.8, 4) is 0 Å². The lowest BCUT2D eigenvalue weighted by Gasteiger charge is -2.29. The zero-order valence-electron chi connectivity index (χ0n) is 10.6. The summed E-state index contributed by atoms with van der Waals surface area (Å²) >= 11 is 0. The Morgan fingerprint density at radius 3 is 3.24 bits per heavy atom. The highest BCUT2D eigenvalue weighted by atomic mass is 16.5. The Labute approximate surface area is 104 Å². The van der Waals surface area contributed by atoms with Crippen LogP contribution in [0.4, 0.5) is 0 Å². The minimum atomic E-state index is 0.458. The van der Waals surface area contributed by atoms with Gasteiger partial charge in [-0.1, -0.05) is 13.0 Å². The van der Waals surface area contributed by atoms with E-state index in [1.165, 1.54) is 5.56 Å². The van der Waals surface area contributed by atoms with E-state index in [4.69, 9.17) is 4.74 Å². The summed E-state index contributed by atoms with van der Waals surface area (Å²) in [6.45, 7) is 4.14. The second kappa shape index (κ2) is 6.72. The van der Waals surface area contributed by atoms with Crippen LogP contribution >= 0.6 is 0 Å². The predicted molar refractivity (Wildman–Crippen MR) is 69.0 cm³/mol. The quantitative estimate of drug-likeness (QED) is 0.848. The maximum Gasteiger partial charge on any atom is 0.0587 e. The van der Waals surface area contributed by atoms with Gasteiger partial charge in [0.1, 0.15) is 0 Å². The number of pyridine rings is 1. The van der Waals surface area contributed by atoms with Crippen LogP contribution in [0.25, 0.3) is 0 Å². The van der Waals surface area contributed by atoms with E-state index in [0.29, 0.717) is 12.1 Å². The Hall–Kier alpha value is -0.930. The number of hydrogen-bond donors (Lipinski definition) is 1. The highest BCUT2D eigenvalue weighted by Gasteiger charge is 2.20. The molecule has 2 unspecified atom stereocenters. The van der Waals surface area contributed by atoms with E-state index in [1.54, 1.807) is 0 Å². The zero-order valence-corrected chi connectivity index (χ0v) is 10.6. The lowest BCUT2D eigenvalue weighted by molar-refractivity contribution is 0.000115. The Kier molecular flexibility index (Phi) is 4.95. The van der Waals surface area contributed by atoms with Crippen LogP contribution in [-0.2, 0) is 11.2 Å². The summed E-state index contributed by atoms with van der Waals surface area (Å²) in [6.07, 6.45) is 8.71. The Bertz CT molecular complexity index is 315. The van der Waals surface area contributed by atoms with Crippen molar-refractivity contribution in [1.82, 2.24) is 10.3 Å². The second-order valence-corrected chi connectivity index (χ2v) is 4.69. The third kappa shape index (κ3) is 4.10. The first-order chi connectivity index (χ1) is 8.38. The molecule has 1 saturated heterocycles. The van der Waals surface area contributed by atoms with Crippen molar-refractivity contribution in [3.05, 3.63) is 30.1 Å². The zero-order chi connectivity index (χ0) is 11.9. The summed E-state index contributed by atoms with van der Waals surface area (Å²) < 4.78 is 5.67. The first-order valence-electron chi connectivity index (χ1n) is 6.62. The van der Waals surface area contributed by atoms with Gasteiger partial charge < -0.3 is 10.1 Å². The minimum absolute atomic E-state index is 0.458. The molecule has 0 amide bonds. The predicted octanol–water partition coefficient (Wildman–Crippen LogP) is 2.17. The van der Waals surface area contributed by atoms with Crippen molar-refractivity contribution in [3.63, 3.8) is 0 Å². The summed E-state index contributed by atoms with van der Waals surface area (Å²) in [5.41, 5.74) is 1.30. The SMILES string of the molecule is CCC1CC(NCCc2cccnc2)CCO1. The summed E-state index contributed by atoms with van der Waals surface area (Å²) in [7, 11) is 0. The maximum absolute atomic E-state index is 5.67. The summed E-state index contributed by atoms with van der Waals surface area (Å²) in [6, 6.07) is 4.76. The van der Waals surface area contributed by atoms with Crippen LogP contribution in [0.3, 0.4) is 0 Å². The molecule has 1 fully saturated rings. The number of aromatic nitrogens is 1. The fourth-order valence-corrected chi connectivity index (χ4v) is 2.32. The molecule has 0 aliphatic carbocycles. The monoisotopic (exact) mass is 234 g/mol. The second-order valence-electron chi connectivity index (χ2n) is 4.69. The molecule has 0 bridgehead atoms. The highest BCUT2D eigenvalue weighted by Crippen LogP contribution is 2.16. The normalized spacial score (nSPS) is 24.8. The van der Waals surface area contributed by atoms with Gasteiger partial charge in [-0.3, -0.25) is 4.98 Å². The summed E-state index contributed by atoms with van der Waals surface area (Å²) in [5.74, 6) is 0. The molecule has 17 heavy (non-hydrogen) atoms. The van der Waals surface area contributed by atoms with E-state index in [2.05, 4.69) is 23.3 Å². The Balaban J connectivity index is 1.68. The van der Waals surface area contributed by atoms with Gasteiger partial charge >= 0.3 is 0 Å². The Morgan fingerprint density at radius 2 is 2.47 bits per heavy atom. The van der Waals surface area contributed by atoms with Crippen LogP contribution in [0, 0.1) is 0 Å². The number of rotatable bonds is 5. The molecule has 0 radical (unpaired) electrons. The summed E-state index contributed by atoms with van der Waals surface area (Å²) in [4.78, 5) is 4.13. The molecule has 2 heterocycles. The lowest BCUT2D eigenvalue weighted by Crippen LogP contribution is -2.39. The average molecular weight is 234 g/mol. The highest BCUT2D eigenvalue weighted by molar-refractivity contribution is 5.08. The molecular formula is C14H22N2O. The van der Waals surface area contributed by atoms with E-state index in [1.807, 2.05) is 18.5 Å². The third-order valence-electron chi connectivity index (χ3n) is 3.39. The van der Waals surface area contributed by atoms with Crippen LogP contribution in [0.15, 0.2) is 24.5 Å². The van der Waals surface area contributed by atoms with Gasteiger partial charge in [0.25, 0.3) is 0 Å². The van der Waals surface area contributed by atoms with E-state index < -0.39 is 0 Å². The standard InChI is InChI=1S/C14H22N2O/c1-2-14-10-13(6-9-17-14)16-8-5-12-4-3-7-15-11-12/h3-4,7,11,13-14,16H,2,5-6,8-10H2,1H3. The van der Waals surface area contributed by atoms with Crippen LogP contribution in [0.2, 0.25) is 0 Å². The van der Waals surface area contributed by atoms with Gasteiger partial charge in [-0.05, 0) is 43.9 Å². The van der Waals surface area contributed by atoms with Crippen molar-refractivity contribution in [2.75, 3.05) is 13.2 Å². The van der Waals surface area contributed by atoms with E-state index >= 15 is 0 Å². The van der Waals surface area contributed by atoms with Crippen molar-refractivity contribution < 1.29 is 4.74 Å². The van der Waals surface area contributed by atoms with Crippen LogP contribution in [0.5, 0.6) is 0 Å². The molecular weight excluding hydrogens is 212 g/mol. The van der Waals surface area contributed by atoms with Gasteiger partial charge in [0.2, 0.25) is 0 Å². The molecule has 1 aromatic heterocycles. The maximum atomic E-state index is 5.67. The van der Waals surface area contributed by atoms with Crippen molar-refractivity contribution in [1.29, 1.82) is 0 Å². The number of ether oxygens (including phenoxy) is 1. The molecule has 2 atom stereocenters. The number of hydrogen-bond acceptors (Lipinski definition) is 3. The van der Waals surface area contributed by atoms with Gasteiger partial charge in [0, 0.05) is 25.0 Å². The van der Waals surface area contributed by atoms with Crippen LogP contribution < -0.4 is 5.32 Å². The number of nitrogens with zero attached hydrogens (tertiary/aromatic N) is 1. The molecule has 1 aliphatic rings. The van der Waals surface area contributed by atoms with Crippen LogP contribution in [0.1, 0.15) is 31.7 Å². The fraction of sp³-hybridized carbons (Fsp3) is 0.643. The van der Waals surface area contributed by atoms with Crippen molar-refractivity contribution in [2.45, 2.75) is 44.8 Å². The molecule has 1 aliphatic heterocycles. The third-order valence-corrected chi connectivity index (χ3v) is 3.39. The molecule has 94 valence electrons. The minimum Gasteiger partial charge on any atom is -0.378 e. The summed E-state index contributed by atoms with van der Waals surface area (Å²) in [5, 5.41) is 3.63. The molecule has 0 aromatic carbocycles. The lowest BCUT2D eigenvalue weighted by atomic mass is 10.0. The van der Waals surface area contributed by atoms with E-state index in [9.17, 15) is 0 Å². The smallest absolute Gasteiger partial charge is 0.0587 e. The van der Waals surface area contributed by atoms with Crippen LogP contribution in [-0.4, -0.2) is 30.3 Å². The fourth-order valence-electron chi connectivity index (χ4n) is 2.32. The topological polar surface area (TPSA) is 34.2 Å². The first kappa shape index (κ1) is 12.5. The molecule has 0 saturated carbocycles. The van der Waals surface area contributed by atoms with Crippen molar-refractivity contribution in [2.24, 2.45) is 0 Å². The first-order valence-corrected chi connectivity index (χ1v) is 6.62. The van der Waals surface area contributed by atoms with Gasteiger partial charge in [0.05, 0.1) is 6.10 Å². The van der Waals surface area contributed by atoms with Gasteiger partial charge in [-0.2, -0.15) is 0 Å². The van der Waals surface area contributed by atoms with E-state index in [0.717, 1.165) is 38.8 Å².